The average molecular weight is 387 g/mol. The molecule has 1 aliphatic carbocycles. The average Bonchev–Trinajstić information content (AvgIpc) is 3.16. The highest BCUT2D eigenvalue weighted by atomic mass is 127. The van der Waals surface area contributed by atoms with Crippen molar-refractivity contribution in [2.45, 2.75) is 25.4 Å². The van der Waals surface area contributed by atoms with E-state index in [-0.39, 0.29) is 24.0 Å². The lowest BCUT2D eigenvalue weighted by Gasteiger charge is -2.16. The van der Waals surface area contributed by atoms with Gasteiger partial charge in [0, 0.05) is 17.8 Å². The number of hydrogen-bond acceptors (Lipinski definition) is 2. The first-order valence-corrected chi connectivity index (χ1v) is 7.11. The molecule has 0 amide bonds. The van der Waals surface area contributed by atoms with Crippen LogP contribution in [0.15, 0.2) is 34.6 Å². The topological polar surface area (TPSA) is 41.6 Å². The number of aliphatic imine (C=N–C) groups is 1. The zero-order valence-electron chi connectivity index (χ0n) is 10.9. The van der Waals surface area contributed by atoms with Gasteiger partial charge in [0.05, 0.1) is 6.54 Å². The number of benzene rings is 1. The molecule has 2 N–H and O–H groups in total. The number of guanidine groups is 1. The Bertz CT molecular complexity index is 589. The molecule has 1 aromatic carbocycles. The van der Waals surface area contributed by atoms with Crippen molar-refractivity contribution < 1.29 is 0 Å². The van der Waals surface area contributed by atoms with Crippen LogP contribution in [0.25, 0.3) is 10.1 Å². The van der Waals surface area contributed by atoms with Gasteiger partial charge in [0.1, 0.15) is 0 Å². The number of halogens is 1. The molecule has 3 rings (SSSR count). The summed E-state index contributed by atoms with van der Waals surface area (Å²) < 4.78 is 1.32. The number of rotatable bonds is 3. The lowest BCUT2D eigenvalue weighted by atomic mass is 10.2. The van der Waals surface area contributed by atoms with Crippen LogP contribution < -0.4 is 5.73 Å². The first kappa shape index (κ1) is 14.6. The molecule has 1 aliphatic rings. The number of nitrogens with two attached hydrogens (primary N) is 1. The lowest BCUT2D eigenvalue weighted by Crippen LogP contribution is -2.35. The molecule has 0 bridgehead atoms. The predicted octanol–water partition coefficient (Wildman–Crippen LogP) is 3.43. The standard InChI is InChI=1S/C14H17N3S.HI/c1-17(11-6-7-11)14(15)16-8-10-9-18-13-5-3-2-4-12(10)13;/h2-5,9,11H,6-8H2,1H3,(H2,15,16);1H. The Morgan fingerprint density at radius 1 is 1.42 bits per heavy atom. The van der Waals surface area contributed by atoms with Crippen LogP contribution in [-0.4, -0.2) is 23.9 Å². The first-order valence-electron chi connectivity index (χ1n) is 6.23. The third-order valence-electron chi connectivity index (χ3n) is 3.43. The van der Waals surface area contributed by atoms with E-state index in [1.54, 1.807) is 11.3 Å². The van der Waals surface area contributed by atoms with Crippen molar-refractivity contribution in [3.05, 3.63) is 35.2 Å². The largest absolute Gasteiger partial charge is 0.370 e. The van der Waals surface area contributed by atoms with E-state index in [0.717, 1.165) is 0 Å². The summed E-state index contributed by atoms with van der Waals surface area (Å²) in [5, 5.41) is 3.48. The maximum absolute atomic E-state index is 6.00. The third kappa shape index (κ3) is 3.20. The maximum atomic E-state index is 6.00. The van der Waals surface area contributed by atoms with Gasteiger partial charge in [-0.2, -0.15) is 0 Å². The van der Waals surface area contributed by atoms with Gasteiger partial charge in [-0.25, -0.2) is 4.99 Å². The van der Waals surface area contributed by atoms with Gasteiger partial charge in [-0.15, -0.1) is 35.3 Å². The molecule has 3 nitrogen and oxygen atoms in total. The molecule has 0 atom stereocenters. The number of thiophene rings is 1. The molecule has 1 heterocycles. The Labute approximate surface area is 134 Å². The van der Waals surface area contributed by atoms with Crippen molar-refractivity contribution in [1.29, 1.82) is 0 Å². The van der Waals surface area contributed by atoms with E-state index < -0.39 is 0 Å². The molecule has 2 aromatic rings. The number of hydrogen-bond donors (Lipinski definition) is 1. The van der Waals surface area contributed by atoms with Crippen molar-refractivity contribution in [2.75, 3.05) is 7.05 Å². The predicted molar refractivity (Wildman–Crippen MR) is 93.4 cm³/mol. The molecule has 102 valence electrons. The highest BCUT2D eigenvalue weighted by molar-refractivity contribution is 14.0. The van der Waals surface area contributed by atoms with Crippen molar-refractivity contribution in [3.8, 4) is 0 Å². The van der Waals surface area contributed by atoms with E-state index in [2.05, 4.69) is 39.5 Å². The van der Waals surface area contributed by atoms with Gasteiger partial charge in [0.25, 0.3) is 0 Å². The van der Waals surface area contributed by atoms with Crippen molar-refractivity contribution >= 4 is 51.4 Å². The summed E-state index contributed by atoms with van der Waals surface area (Å²) in [6, 6.07) is 9.06. The smallest absolute Gasteiger partial charge is 0.191 e. The first-order chi connectivity index (χ1) is 8.75. The fourth-order valence-corrected chi connectivity index (χ4v) is 3.04. The SMILES string of the molecule is CN(C(N)=NCc1csc2ccccc12)C1CC1.I. The van der Waals surface area contributed by atoms with Gasteiger partial charge in [0.2, 0.25) is 0 Å². The van der Waals surface area contributed by atoms with Gasteiger partial charge in [-0.05, 0) is 35.2 Å². The normalized spacial score (nSPS) is 15.3. The van der Waals surface area contributed by atoms with Gasteiger partial charge >= 0.3 is 0 Å². The Morgan fingerprint density at radius 3 is 2.89 bits per heavy atom. The number of nitrogens with zero attached hydrogens (tertiary/aromatic N) is 2. The molecule has 1 fully saturated rings. The van der Waals surface area contributed by atoms with E-state index >= 15 is 0 Å². The Morgan fingerprint density at radius 2 is 2.16 bits per heavy atom. The summed E-state index contributed by atoms with van der Waals surface area (Å²) in [5.41, 5.74) is 7.26. The van der Waals surface area contributed by atoms with Gasteiger partial charge < -0.3 is 10.6 Å². The zero-order chi connectivity index (χ0) is 12.5. The van der Waals surface area contributed by atoms with Crippen LogP contribution in [0.1, 0.15) is 18.4 Å². The van der Waals surface area contributed by atoms with Crippen LogP contribution in [-0.2, 0) is 6.54 Å². The summed E-state index contributed by atoms with van der Waals surface area (Å²) in [4.78, 5) is 6.60. The second-order valence-corrected chi connectivity index (χ2v) is 5.68. The quantitative estimate of drug-likeness (QED) is 0.498. The van der Waals surface area contributed by atoms with Crippen LogP contribution >= 0.6 is 35.3 Å². The molecule has 5 heteroatoms. The molecule has 19 heavy (non-hydrogen) atoms. The fourth-order valence-electron chi connectivity index (χ4n) is 2.08. The molecule has 1 aromatic heterocycles. The molecular formula is C14H18IN3S. The summed E-state index contributed by atoms with van der Waals surface area (Å²) in [7, 11) is 2.03. The number of fused-ring (bicyclic) bond motifs is 1. The van der Waals surface area contributed by atoms with Crippen LogP contribution in [0.4, 0.5) is 0 Å². The van der Waals surface area contributed by atoms with Crippen molar-refractivity contribution in [3.63, 3.8) is 0 Å². The Balaban J connectivity index is 0.00000133. The molecule has 0 unspecified atom stereocenters. The van der Waals surface area contributed by atoms with Crippen LogP contribution in [0.2, 0.25) is 0 Å². The molecule has 0 radical (unpaired) electrons. The van der Waals surface area contributed by atoms with Gasteiger partial charge in [-0.3, -0.25) is 0 Å². The lowest BCUT2D eigenvalue weighted by molar-refractivity contribution is 0.487. The van der Waals surface area contributed by atoms with E-state index in [1.165, 1.54) is 28.5 Å². The second-order valence-electron chi connectivity index (χ2n) is 4.77. The summed E-state index contributed by atoms with van der Waals surface area (Å²) in [6.07, 6.45) is 2.49. The Kier molecular flexibility index (Phi) is 4.67. The minimum atomic E-state index is 0. The van der Waals surface area contributed by atoms with Gasteiger partial charge in [0.15, 0.2) is 5.96 Å². The molecular weight excluding hydrogens is 369 g/mol. The highest BCUT2D eigenvalue weighted by Gasteiger charge is 2.27. The van der Waals surface area contributed by atoms with Gasteiger partial charge in [-0.1, -0.05) is 18.2 Å². The maximum Gasteiger partial charge on any atom is 0.191 e. The molecule has 0 saturated heterocycles. The fraction of sp³-hybridized carbons (Fsp3) is 0.357. The molecule has 1 saturated carbocycles. The van der Waals surface area contributed by atoms with E-state index in [9.17, 15) is 0 Å². The second kappa shape index (κ2) is 6.09. The monoisotopic (exact) mass is 387 g/mol. The van der Waals surface area contributed by atoms with Crippen molar-refractivity contribution in [2.24, 2.45) is 10.7 Å². The van der Waals surface area contributed by atoms with E-state index in [0.29, 0.717) is 18.5 Å². The summed E-state index contributed by atoms with van der Waals surface area (Å²) in [6.45, 7) is 0.674. The van der Waals surface area contributed by atoms with Crippen LogP contribution in [0.5, 0.6) is 0 Å². The minimum Gasteiger partial charge on any atom is -0.370 e. The van der Waals surface area contributed by atoms with E-state index in [4.69, 9.17) is 5.73 Å². The zero-order valence-corrected chi connectivity index (χ0v) is 14.0. The van der Waals surface area contributed by atoms with Crippen molar-refractivity contribution in [1.82, 2.24) is 4.90 Å². The van der Waals surface area contributed by atoms with Crippen LogP contribution in [0, 0.1) is 0 Å². The van der Waals surface area contributed by atoms with E-state index in [1.807, 2.05) is 7.05 Å². The Hall–Kier alpha value is -0.820. The summed E-state index contributed by atoms with van der Waals surface area (Å²) >= 11 is 1.77. The summed E-state index contributed by atoms with van der Waals surface area (Å²) in [5.74, 6) is 0.660. The molecule has 0 aliphatic heterocycles. The van der Waals surface area contributed by atoms with Crippen LogP contribution in [0.3, 0.4) is 0 Å². The minimum absolute atomic E-state index is 0. The third-order valence-corrected chi connectivity index (χ3v) is 4.44. The molecule has 0 spiro atoms. The highest BCUT2D eigenvalue weighted by Crippen LogP contribution is 2.27.